The molecule has 1 aliphatic carbocycles. The lowest BCUT2D eigenvalue weighted by Gasteiger charge is -2.61. The van der Waals surface area contributed by atoms with Gasteiger partial charge < -0.3 is 0 Å². The quantitative estimate of drug-likeness (QED) is 0.840. The molecule has 0 N–H and O–H groups in total. The summed E-state index contributed by atoms with van der Waals surface area (Å²) < 4.78 is 30.4. The smallest absolute Gasteiger partial charge is 0.195 e. The van der Waals surface area contributed by atoms with Crippen LogP contribution in [0.1, 0.15) is 51.0 Å². The third kappa shape index (κ3) is 2.44. The van der Waals surface area contributed by atoms with Crippen molar-refractivity contribution in [2.24, 2.45) is 11.8 Å². The summed E-state index contributed by atoms with van der Waals surface area (Å²) in [4.78, 5) is 0. The highest BCUT2D eigenvalue weighted by molar-refractivity contribution is 7.86. The van der Waals surface area contributed by atoms with Gasteiger partial charge in [0.1, 0.15) is 0 Å². The predicted molar refractivity (Wildman–Crippen MR) is 95.7 cm³/mol. The third-order valence-electron chi connectivity index (χ3n) is 6.37. The molecule has 2 aliphatic heterocycles. The largest absolute Gasteiger partial charge is 0.282 e. The first-order valence-corrected chi connectivity index (χ1v) is 10.8. The molecule has 1 aromatic rings. The summed E-state index contributed by atoms with van der Waals surface area (Å²) in [6, 6.07) is 10.4. The van der Waals surface area contributed by atoms with Crippen molar-refractivity contribution in [3.8, 4) is 0 Å². The third-order valence-corrected chi connectivity index (χ3v) is 8.38. The van der Waals surface area contributed by atoms with E-state index in [0.29, 0.717) is 31.5 Å². The molecule has 0 bridgehead atoms. The zero-order valence-electron chi connectivity index (χ0n) is 14.5. The van der Waals surface area contributed by atoms with E-state index in [2.05, 4.69) is 19.1 Å². The van der Waals surface area contributed by atoms with E-state index in [1.54, 1.807) is 4.31 Å². The van der Waals surface area contributed by atoms with E-state index in [1.807, 2.05) is 22.5 Å². The average molecular weight is 349 g/mol. The Morgan fingerprint density at radius 1 is 1.04 bits per heavy atom. The van der Waals surface area contributed by atoms with E-state index < -0.39 is 10.2 Å². The minimum absolute atomic E-state index is 0.293. The summed E-state index contributed by atoms with van der Waals surface area (Å²) in [5.41, 5.74) is 0.897. The first-order valence-electron chi connectivity index (χ1n) is 9.38. The summed E-state index contributed by atoms with van der Waals surface area (Å²) in [6.45, 7) is 4.21. The number of hydrogen-bond donors (Lipinski definition) is 0. The van der Waals surface area contributed by atoms with Crippen molar-refractivity contribution in [3.63, 3.8) is 0 Å². The molecular formula is C19H28N2O2S. The van der Waals surface area contributed by atoms with Crippen molar-refractivity contribution in [1.29, 1.82) is 0 Å². The van der Waals surface area contributed by atoms with Gasteiger partial charge in [0.05, 0.1) is 5.54 Å². The SMILES string of the molecule is C[C@@H]1CCCN(S(=O)(=O)N2C[C@H]3CCCC[C@]32c2ccccc2)C1. The maximum absolute atomic E-state index is 13.4. The second-order valence-corrected chi connectivity index (χ2v) is 9.73. The summed E-state index contributed by atoms with van der Waals surface area (Å²) in [6.07, 6.45) is 6.58. The summed E-state index contributed by atoms with van der Waals surface area (Å²) in [5.74, 6) is 0.940. The Labute approximate surface area is 146 Å². The Morgan fingerprint density at radius 2 is 1.83 bits per heavy atom. The van der Waals surface area contributed by atoms with E-state index in [-0.39, 0.29) is 5.54 Å². The molecule has 0 aromatic heterocycles. The lowest BCUT2D eigenvalue weighted by Crippen LogP contribution is -2.69. The number of benzene rings is 1. The summed E-state index contributed by atoms with van der Waals surface area (Å²) >= 11 is 0. The normalized spacial score (nSPS) is 35.2. The molecule has 2 saturated heterocycles. The summed E-state index contributed by atoms with van der Waals surface area (Å²) in [7, 11) is -3.37. The van der Waals surface area contributed by atoms with Crippen molar-refractivity contribution in [2.75, 3.05) is 19.6 Å². The first-order chi connectivity index (χ1) is 11.5. The predicted octanol–water partition coefficient (Wildman–Crippen LogP) is 3.36. The fourth-order valence-corrected chi connectivity index (χ4v) is 7.30. The fourth-order valence-electron chi connectivity index (χ4n) is 5.10. The first kappa shape index (κ1) is 16.6. The molecule has 0 radical (unpaired) electrons. The molecule has 3 atom stereocenters. The zero-order valence-corrected chi connectivity index (χ0v) is 15.3. The molecule has 5 heteroatoms. The van der Waals surface area contributed by atoms with Gasteiger partial charge in [0, 0.05) is 19.6 Å². The van der Waals surface area contributed by atoms with Gasteiger partial charge in [-0.25, -0.2) is 0 Å². The van der Waals surface area contributed by atoms with Crippen molar-refractivity contribution in [1.82, 2.24) is 8.61 Å². The highest BCUT2D eigenvalue weighted by Crippen LogP contribution is 2.55. The van der Waals surface area contributed by atoms with Crippen LogP contribution in [0.4, 0.5) is 0 Å². The Hall–Kier alpha value is -0.910. The Kier molecular flexibility index (Phi) is 4.22. The van der Waals surface area contributed by atoms with E-state index in [0.717, 1.165) is 32.1 Å². The minimum atomic E-state index is -3.37. The van der Waals surface area contributed by atoms with E-state index in [1.165, 1.54) is 12.0 Å². The molecule has 0 unspecified atom stereocenters. The van der Waals surface area contributed by atoms with E-state index in [9.17, 15) is 8.42 Å². The van der Waals surface area contributed by atoms with Crippen molar-refractivity contribution >= 4 is 10.2 Å². The van der Waals surface area contributed by atoms with E-state index in [4.69, 9.17) is 0 Å². The molecule has 2 heterocycles. The molecule has 132 valence electrons. The molecule has 0 spiro atoms. The highest BCUT2D eigenvalue weighted by Gasteiger charge is 2.60. The zero-order chi connectivity index (χ0) is 16.8. The van der Waals surface area contributed by atoms with Gasteiger partial charge in [-0.15, -0.1) is 0 Å². The second-order valence-electron chi connectivity index (χ2n) is 7.88. The van der Waals surface area contributed by atoms with Crippen LogP contribution in [0.15, 0.2) is 30.3 Å². The maximum atomic E-state index is 13.4. The molecule has 0 amide bonds. The molecule has 24 heavy (non-hydrogen) atoms. The minimum Gasteiger partial charge on any atom is -0.195 e. The van der Waals surface area contributed by atoms with Crippen LogP contribution in [0.25, 0.3) is 0 Å². The number of piperidine rings is 1. The van der Waals surface area contributed by atoms with Gasteiger partial charge in [0.25, 0.3) is 10.2 Å². The lowest BCUT2D eigenvalue weighted by molar-refractivity contribution is -0.0551. The van der Waals surface area contributed by atoms with Crippen LogP contribution in [0.3, 0.4) is 0 Å². The molecule has 4 rings (SSSR count). The van der Waals surface area contributed by atoms with Crippen molar-refractivity contribution in [2.45, 2.75) is 51.0 Å². The van der Waals surface area contributed by atoms with Gasteiger partial charge in [0.2, 0.25) is 0 Å². The van der Waals surface area contributed by atoms with Crippen LogP contribution in [-0.4, -0.2) is 36.7 Å². The molecule has 3 fully saturated rings. The average Bonchev–Trinajstić information content (AvgIpc) is 2.57. The lowest BCUT2D eigenvalue weighted by atomic mass is 9.63. The van der Waals surface area contributed by atoms with Crippen LogP contribution < -0.4 is 0 Å². The number of nitrogens with zero attached hydrogens (tertiary/aromatic N) is 2. The van der Waals surface area contributed by atoms with E-state index >= 15 is 0 Å². The van der Waals surface area contributed by atoms with Crippen molar-refractivity contribution < 1.29 is 8.42 Å². The highest BCUT2D eigenvalue weighted by atomic mass is 32.2. The van der Waals surface area contributed by atoms with Crippen LogP contribution in [0.5, 0.6) is 0 Å². The Balaban J connectivity index is 1.69. The Bertz CT molecular complexity index is 691. The second kappa shape index (κ2) is 6.11. The van der Waals surface area contributed by atoms with Gasteiger partial charge >= 0.3 is 0 Å². The fraction of sp³-hybridized carbons (Fsp3) is 0.684. The van der Waals surface area contributed by atoms with Crippen LogP contribution >= 0.6 is 0 Å². The summed E-state index contributed by atoms with van der Waals surface area (Å²) in [5, 5.41) is 0. The van der Waals surface area contributed by atoms with Crippen molar-refractivity contribution in [3.05, 3.63) is 35.9 Å². The standard InChI is InChI=1S/C19H28N2O2S/c1-16-8-7-13-20(14-16)24(22,23)21-15-18-11-5-6-12-19(18,21)17-9-3-2-4-10-17/h2-4,9-10,16,18H,5-8,11-15H2,1H3/t16-,18-,19+/m1/s1. The monoisotopic (exact) mass is 348 g/mol. The van der Waals surface area contributed by atoms with Crippen LogP contribution in [0.2, 0.25) is 0 Å². The molecule has 1 saturated carbocycles. The molecule has 4 nitrogen and oxygen atoms in total. The number of rotatable bonds is 3. The maximum Gasteiger partial charge on any atom is 0.282 e. The number of hydrogen-bond acceptors (Lipinski definition) is 2. The van der Waals surface area contributed by atoms with Crippen LogP contribution in [0, 0.1) is 11.8 Å². The topological polar surface area (TPSA) is 40.6 Å². The van der Waals surface area contributed by atoms with Gasteiger partial charge in [-0.3, -0.25) is 0 Å². The van der Waals surface area contributed by atoms with Crippen LogP contribution in [-0.2, 0) is 15.7 Å². The molecule has 1 aromatic carbocycles. The van der Waals surface area contributed by atoms with Gasteiger partial charge in [-0.2, -0.15) is 17.0 Å². The molecule has 3 aliphatic rings. The van der Waals surface area contributed by atoms with Gasteiger partial charge in [-0.05, 0) is 43.1 Å². The van der Waals surface area contributed by atoms with Gasteiger partial charge in [-0.1, -0.05) is 50.1 Å². The Morgan fingerprint density at radius 3 is 2.54 bits per heavy atom. The van der Waals surface area contributed by atoms with Gasteiger partial charge in [0.15, 0.2) is 0 Å². The number of fused-ring (bicyclic) bond motifs is 1. The molecular weight excluding hydrogens is 320 g/mol.